The monoisotopic (exact) mass is 370 g/mol. The zero-order chi connectivity index (χ0) is 20.8. The molecule has 0 saturated heterocycles. The van der Waals surface area contributed by atoms with Gasteiger partial charge in [-0.15, -0.1) is 0 Å². The van der Waals surface area contributed by atoms with E-state index in [0.29, 0.717) is 18.1 Å². The maximum atomic E-state index is 10.3. The minimum absolute atomic E-state index is 0.279. The number of carboxylic acid groups (broad SMARTS) is 1. The first kappa shape index (κ1) is 26.6. The zero-order valence-electron chi connectivity index (χ0n) is 16.9. The van der Waals surface area contributed by atoms with Gasteiger partial charge in [-0.1, -0.05) is 47.3 Å². The summed E-state index contributed by atoms with van der Waals surface area (Å²) in [5.41, 5.74) is 12.4. The molecule has 152 valence electrons. The number of carbonyl (C=O) groups is 2. The minimum atomic E-state index is -0.981. The second-order valence-electron chi connectivity index (χ2n) is 7.79. The van der Waals surface area contributed by atoms with Crippen LogP contribution in [0.25, 0.3) is 0 Å². The van der Waals surface area contributed by atoms with E-state index in [1.165, 1.54) is 12.5 Å². The van der Waals surface area contributed by atoms with E-state index in [1.807, 2.05) is 6.92 Å². The third-order valence-corrected chi connectivity index (χ3v) is 4.05. The van der Waals surface area contributed by atoms with Crippen LogP contribution >= 0.6 is 0 Å². The molecule has 0 radical (unpaired) electrons. The van der Waals surface area contributed by atoms with Crippen molar-refractivity contribution in [2.45, 2.75) is 65.8 Å². The molecule has 2 unspecified atom stereocenters. The lowest BCUT2D eigenvalue weighted by atomic mass is 9.63. The van der Waals surface area contributed by atoms with Crippen molar-refractivity contribution in [2.24, 2.45) is 22.3 Å². The van der Waals surface area contributed by atoms with Crippen LogP contribution in [0.5, 0.6) is 0 Å². The van der Waals surface area contributed by atoms with Crippen LogP contribution in [0.15, 0.2) is 25.3 Å². The van der Waals surface area contributed by atoms with E-state index < -0.39 is 5.97 Å². The lowest BCUT2D eigenvalue weighted by Crippen LogP contribution is -2.45. The number of rotatable bonds is 6. The molecule has 1 saturated carbocycles. The number of nitrogens with two attached hydrogens (primary N) is 2. The van der Waals surface area contributed by atoms with Crippen LogP contribution in [-0.2, 0) is 14.3 Å². The van der Waals surface area contributed by atoms with Crippen molar-refractivity contribution >= 4 is 11.9 Å². The molecule has 0 bridgehead atoms. The Bertz CT molecular complexity index is 449. The number of ether oxygens (including phenoxy) is 1. The molecule has 1 rings (SSSR count). The fourth-order valence-corrected chi connectivity index (χ4v) is 3.25. The molecular formula is C20H38N2O4. The maximum Gasteiger partial charge on any atom is 0.330 e. The van der Waals surface area contributed by atoms with Gasteiger partial charge in [-0.05, 0) is 43.1 Å². The smallest absolute Gasteiger partial charge is 0.330 e. The Balaban J connectivity index is 0. The van der Waals surface area contributed by atoms with Crippen molar-refractivity contribution < 1.29 is 19.4 Å². The lowest BCUT2D eigenvalue weighted by Gasteiger charge is -2.45. The summed E-state index contributed by atoms with van der Waals surface area (Å²) in [6.45, 7) is 16.4. The van der Waals surface area contributed by atoms with E-state index in [9.17, 15) is 9.59 Å². The predicted octanol–water partition coefficient (Wildman–Crippen LogP) is 3.26. The van der Waals surface area contributed by atoms with E-state index in [-0.39, 0.29) is 11.4 Å². The molecule has 1 fully saturated rings. The number of hydrogen-bond donors (Lipinski definition) is 3. The molecule has 0 amide bonds. The van der Waals surface area contributed by atoms with E-state index in [2.05, 4.69) is 38.7 Å². The second kappa shape index (κ2) is 13.5. The highest BCUT2D eigenvalue weighted by atomic mass is 16.5. The highest BCUT2D eigenvalue weighted by molar-refractivity contribution is 5.81. The molecule has 6 nitrogen and oxygen atoms in total. The Morgan fingerprint density at radius 2 is 1.77 bits per heavy atom. The normalized spacial score (nSPS) is 23.2. The first-order valence-corrected chi connectivity index (χ1v) is 9.05. The van der Waals surface area contributed by atoms with Crippen LogP contribution in [0.4, 0.5) is 0 Å². The molecule has 6 heteroatoms. The van der Waals surface area contributed by atoms with Gasteiger partial charge in [0.1, 0.15) is 0 Å². The first-order valence-electron chi connectivity index (χ1n) is 9.05. The molecule has 1 aliphatic carbocycles. The number of carboxylic acids is 1. The van der Waals surface area contributed by atoms with E-state index in [4.69, 9.17) is 16.6 Å². The average molecular weight is 371 g/mol. The number of hydrogen-bond acceptors (Lipinski definition) is 5. The van der Waals surface area contributed by atoms with Gasteiger partial charge in [0.2, 0.25) is 0 Å². The van der Waals surface area contributed by atoms with Crippen molar-refractivity contribution in [3.63, 3.8) is 0 Å². The van der Waals surface area contributed by atoms with E-state index in [1.54, 1.807) is 0 Å². The van der Waals surface area contributed by atoms with Crippen LogP contribution < -0.4 is 11.5 Å². The van der Waals surface area contributed by atoms with Gasteiger partial charge in [-0.25, -0.2) is 9.59 Å². The van der Waals surface area contributed by atoms with Crippen LogP contribution in [0.1, 0.15) is 59.8 Å². The Kier molecular flexibility index (Phi) is 13.8. The van der Waals surface area contributed by atoms with Crippen LogP contribution in [0.3, 0.4) is 0 Å². The number of unbranched alkanes of at least 4 members (excludes halogenated alkanes) is 1. The van der Waals surface area contributed by atoms with Crippen molar-refractivity contribution in [3.8, 4) is 0 Å². The Morgan fingerprint density at radius 3 is 2.12 bits per heavy atom. The zero-order valence-corrected chi connectivity index (χ0v) is 16.9. The van der Waals surface area contributed by atoms with Gasteiger partial charge in [0.25, 0.3) is 0 Å². The summed E-state index contributed by atoms with van der Waals surface area (Å²) >= 11 is 0. The number of esters is 1. The Labute approximate surface area is 158 Å². The minimum Gasteiger partial charge on any atom is -0.478 e. The molecule has 2 atom stereocenters. The quantitative estimate of drug-likeness (QED) is 0.375. The topological polar surface area (TPSA) is 116 Å². The van der Waals surface area contributed by atoms with Crippen molar-refractivity contribution in [1.82, 2.24) is 0 Å². The molecule has 0 spiro atoms. The number of aliphatic carboxylic acids is 1. The van der Waals surface area contributed by atoms with E-state index >= 15 is 0 Å². The third-order valence-electron chi connectivity index (χ3n) is 4.05. The molecule has 0 aromatic carbocycles. The van der Waals surface area contributed by atoms with Gasteiger partial charge in [-0.2, -0.15) is 0 Å². The van der Waals surface area contributed by atoms with Gasteiger partial charge < -0.3 is 21.3 Å². The first-order chi connectivity index (χ1) is 11.9. The molecule has 26 heavy (non-hydrogen) atoms. The van der Waals surface area contributed by atoms with Crippen molar-refractivity contribution in [1.29, 1.82) is 0 Å². The fourth-order valence-electron chi connectivity index (χ4n) is 3.25. The van der Waals surface area contributed by atoms with Gasteiger partial charge in [0.05, 0.1) is 6.61 Å². The number of carbonyl (C=O) groups excluding carboxylic acids is 1. The summed E-state index contributed by atoms with van der Waals surface area (Å²) in [5.74, 6) is -1.31. The fraction of sp³-hybridized carbons (Fsp3) is 0.700. The van der Waals surface area contributed by atoms with Gasteiger partial charge in [-0.3, -0.25) is 0 Å². The second-order valence-corrected chi connectivity index (χ2v) is 7.79. The highest BCUT2D eigenvalue weighted by Crippen LogP contribution is 2.44. The molecule has 5 N–H and O–H groups in total. The molecule has 0 aromatic heterocycles. The Morgan fingerprint density at radius 1 is 1.23 bits per heavy atom. The predicted molar refractivity (Wildman–Crippen MR) is 107 cm³/mol. The third kappa shape index (κ3) is 14.7. The highest BCUT2D eigenvalue weighted by Gasteiger charge is 2.38. The molecular weight excluding hydrogens is 332 g/mol. The summed E-state index contributed by atoms with van der Waals surface area (Å²) in [4.78, 5) is 19.6. The summed E-state index contributed by atoms with van der Waals surface area (Å²) < 4.78 is 4.67. The molecule has 0 aromatic rings. The summed E-state index contributed by atoms with van der Waals surface area (Å²) in [7, 11) is 0. The van der Waals surface area contributed by atoms with Crippen molar-refractivity contribution in [3.05, 3.63) is 25.3 Å². The van der Waals surface area contributed by atoms with Gasteiger partial charge in [0, 0.05) is 18.2 Å². The van der Waals surface area contributed by atoms with Crippen LogP contribution in [-0.4, -0.2) is 36.2 Å². The summed E-state index contributed by atoms with van der Waals surface area (Å²) in [6, 6.07) is 0.349. The molecule has 0 aliphatic heterocycles. The standard InChI is InChI=1S/C10H22N2.C7H12O2.C3H4O2/c1-9(2)4-8(12)5-10(3,6-9)7-11;1-3-5-6-9-7(8)4-2;1-2-3(4)5/h8H,4-7,11-12H2,1-3H3;4H,2-3,5-6H2,1H3;2H,1H2,(H,4,5). The lowest BCUT2D eigenvalue weighted by molar-refractivity contribution is -0.137. The maximum absolute atomic E-state index is 10.3. The average Bonchev–Trinajstić information content (AvgIpc) is 2.53. The van der Waals surface area contributed by atoms with Crippen LogP contribution in [0, 0.1) is 10.8 Å². The summed E-state index contributed by atoms with van der Waals surface area (Å²) in [6.07, 6.45) is 7.43. The van der Waals surface area contributed by atoms with Gasteiger partial charge in [0.15, 0.2) is 0 Å². The SMILES string of the molecule is C=CC(=O)O.C=CC(=O)OCCCC.CC1(C)CC(N)CC(C)(CN)C1. The molecule has 1 aliphatic rings. The van der Waals surface area contributed by atoms with Crippen LogP contribution in [0.2, 0.25) is 0 Å². The molecule has 0 heterocycles. The van der Waals surface area contributed by atoms with Crippen molar-refractivity contribution in [2.75, 3.05) is 13.2 Å². The Hall–Kier alpha value is -1.66. The summed E-state index contributed by atoms with van der Waals surface area (Å²) in [5, 5.41) is 7.60. The largest absolute Gasteiger partial charge is 0.478 e. The van der Waals surface area contributed by atoms with E-state index in [0.717, 1.165) is 38.3 Å². The van der Waals surface area contributed by atoms with Gasteiger partial charge >= 0.3 is 11.9 Å².